The second-order valence-electron chi connectivity index (χ2n) is 13.7. The van der Waals surface area contributed by atoms with Crippen LogP contribution in [0.25, 0.3) is 0 Å². The number of aliphatic carboxylic acids is 6. The highest BCUT2D eigenvalue weighted by Gasteiger charge is 2.26. The Bertz CT molecular complexity index is 1420. The van der Waals surface area contributed by atoms with Gasteiger partial charge in [0.15, 0.2) is 0 Å². The first-order chi connectivity index (χ1) is 27.8. The third-order valence-electron chi connectivity index (χ3n) is 8.83. The van der Waals surface area contributed by atoms with Crippen molar-refractivity contribution in [1.82, 2.24) is 46.2 Å². The van der Waals surface area contributed by atoms with Gasteiger partial charge in [0.1, 0.15) is 12.1 Å². The van der Waals surface area contributed by atoms with Crippen molar-refractivity contribution in [3.63, 3.8) is 0 Å². The van der Waals surface area contributed by atoms with Gasteiger partial charge < -0.3 is 57.2 Å². The van der Waals surface area contributed by atoms with Gasteiger partial charge in [0, 0.05) is 78.3 Å². The Morgan fingerprint density at radius 1 is 0.424 bits per heavy atom. The molecular weight excluding hydrogens is 790 g/mol. The highest BCUT2D eigenvalue weighted by Crippen LogP contribution is 2.04. The molecule has 59 heavy (non-hydrogen) atoms. The largest absolute Gasteiger partial charge is 0.481 e. The number of amides is 5. The second-order valence-corrected chi connectivity index (χ2v) is 13.7. The molecule has 0 aromatic heterocycles. The van der Waals surface area contributed by atoms with E-state index in [4.69, 9.17) is 10.2 Å². The van der Waals surface area contributed by atoms with Gasteiger partial charge in [0.2, 0.25) is 17.7 Å². The second kappa shape index (κ2) is 28.7. The van der Waals surface area contributed by atoms with E-state index in [0.717, 1.165) is 0 Å². The molecule has 1 aliphatic rings. The first kappa shape index (κ1) is 51.4. The molecule has 1 rings (SSSR count). The van der Waals surface area contributed by atoms with Crippen LogP contribution in [-0.4, -0.2) is 220 Å². The molecule has 0 aromatic rings. The van der Waals surface area contributed by atoms with Crippen LogP contribution in [0.5, 0.6) is 0 Å². The Labute approximate surface area is 339 Å². The van der Waals surface area contributed by atoms with Crippen LogP contribution in [0.2, 0.25) is 0 Å². The van der Waals surface area contributed by atoms with E-state index in [1.165, 1.54) is 0 Å². The molecule has 2 atom stereocenters. The number of hydrogen-bond donors (Lipinski definition) is 11. The molecule has 0 spiro atoms. The number of nitrogens with one attached hydrogen (secondary N) is 5. The molecule has 25 nitrogen and oxygen atoms in total. The van der Waals surface area contributed by atoms with E-state index in [2.05, 4.69) is 21.3 Å². The number of hydrogen-bond acceptors (Lipinski definition) is 14. The van der Waals surface area contributed by atoms with Crippen molar-refractivity contribution >= 4 is 59.6 Å². The van der Waals surface area contributed by atoms with Gasteiger partial charge in [0.25, 0.3) is 0 Å². The monoisotopic (exact) mass is 847 g/mol. The predicted octanol–water partition coefficient (Wildman–Crippen LogP) is -4.17. The van der Waals surface area contributed by atoms with Gasteiger partial charge >= 0.3 is 41.8 Å². The molecular formula is C34H57N9O16. The maximum Gasteiger partial charge on any atom is 0.326 e. The Morgan fingerprint density at radius 3 is 1.17 bits per heavy atom. The third kappa shape index (κ3) is 26.1. The van der Waals surface area contributed by atoms with Gasteiger partial charge in [-0.05, 0) is 32.1 Å². The summed E-state index contributed by atoms with van der Waals surface area (Å²) in [7, 11) is 0. The number of unbranched alkanes of at least 4 members (excludes halogenated alkanes) is 2. The van der Waals surface area contributed by atoms with Gasteiger partial charge in [-0.2, -0.15) is 0 Å². The molecule has 0 aromatic carbocycles. The van der Waals surface area contributed by atoms with E-state index in [0.29, 0.717) is 19.3 Å². The quantitative estimate of drug-likeness (QED) is 0.0368. The summed E-state index contributed by atoms with van der Waals surface area (Å²) in [4.78, 5) is 124. The van der Waals surface area contributed by atoms with Crippen molar-refractivity contribution in [3.8, 4) is 0 Å². The van der Waals surface area contributed by atoms with Crippen LogP contribution in [0.15, 0.2) is 0 Å². The van der Waals surface area contributed by atoms with Crippen LogP contribution in [0, 0.1) is 0 Å². The number of carboxylic acids is 6. The minimum absolute atomic E-state index is 0.155. The molecule has 334 valence electrons. The van der Waals surface area contributed by atoms with Gasteiger partial charge in [-0.1, -0.05) is 0 Å². The first-order valence-electron chi connectivity index (χ1n) is 18.9. The highest BCUT2D eigenvalue weighted by molar-refractivity contribution is 5.87. The van der Waals surface area contributed by atoms with Crippen LogP contribution in [0.4, 0.5) is 4.79 Å². The minimum atomic E-state index is -1.57. The molecule has 11 N–H and O–H groups in total. The fraction of sp³-hybridized carbons (Fsp3) is 0.706. The van der Waals surface area contributed by atoms with Crippen LogP contribution in [0.1, 0.15) is 44.9 Å². The van der Waals surface area contributed by atoms with E-state index >= 15 is 0 Å². The predicted molar refractivity (Wildman–Crippen MR) is 202 cm³/mol. The summed E-state index contributed by atoms with van der Waals surface area (Å²) in [6.45, 7) is 0.960. The van der Waals surface area contributed by atoms with Crippen molar-refractivity contribution in [2.24, 2.45) is 0 Å². The number of carbonyl (C=O) groups is 10. The fourth-order valence-electron chi connectivity index (χ4n) is 5.67. The van der Waals surface area contributed by atoms with Crippen molar-refractivity contribution in [2.45, 2.75) is 57.0 Å². The Balaban J connectivity index is 2.46. The van der Waals surface area contributed by atoms with Crippen LogP contribution in [-0.2, 0) is 43.2 Å². The lowest BCUT2D eigenvalue weighted by molar-refractivity contribution is -0.141. The molecule has 25 heteroatoms. The smallest absolute Gasteiger partial charge is 0.326 e. The topological polar surface area (TPSA) is 365 Å². The van der Waals surface area contributed by atoms with Crippen LogP contribution < -0.4 is 26.6 Å². The summed E-state index contributed by atoms with van der Waals surface area (Å²) in [6, 6.07) is -4.25. The van der Waals surface area contributed by atoms with Crippen molar-refractivity contribution in [2.75, 3.05) is 98.2 Å². The van der Waals surface area contributed by atoms with Crippen LogP contribution in [0.3, 0.4) is 0 Å². The van der Waals surface area contributed by atoms with Crippen LogP contribution >= 0.6 is 0 Å². The summed E-state index contributed by atoms with van der Waals surface area (Å²) < 4.78 is 0. The molecule has 2 unspecified atom stereocenters. The van der Waals surface area contributed by atoms with Crippen molar-refractivity contribution in [1.29, 1.82) is 0 Å². The minimum Gasteiger partial charge on any atom is -0.481 e. The average molecular weight is 848 g/mol. The number of nitrogens with zero attached hydrogens (tertiary/aromatic N) is 4. The highest BCUT2D eigenvalue weighted by atomic mass is 16.4. The Hall–Kier alpha value is -5.66. The summed E-state index contributed by atoms with van der Waals surface area (Å²) in [5, 5.41) is 67.1. The first-order valence-corrected chi connectivity index (χ1v) is 18.9. The lowest BCUT2D eigenvalue weighted by Crippen LogP contribution is -2.51. The molecule has 0 radical (unpaired) electrons. The van der Waals surface area contributed by atoms with Gasteiger partial charge in [0.05, 0.1) is 32.7 Å². The van der Waals surface area contributed by atoms with E-state index in [1.807, 2.05) is 5.32 Å². The molecule has 1 fully saturated rings. The Kier molecular flexibility index (Phi) is 25.0. The molecule has 1 aliphatic heterocycles. The lowest BCUT2D eigenvalue weighted by Gasteiger charge is -2.32. The zero-order chi connectivity index (χ0) is 44.3. The van der Waals surface area contributed by atoms with E-state index in [1.54, 1.807) is 19.6 Å². The zero-order valence-corrected chi connectivity index (χ0v) is 32.8. The van der Waals surface area contributed by atoms with E-state index in [9.17, 15) is 68.4 Å². The number of carbonyl (C=O) groups excluding carboxylic acids is 4. The standard InChI is InChI=1S/C34H57N9O16/c44-25(6-4-23(32(55)56)38-34(59)39-24(33(57)58)5-7-28(47)48)35-8-2-1-3-9-36-26(45)18-37-27(46)19-40-10-12-41(20-29(49)50)14-16-43(22-31(53)54)17-15-42(13-11-40)21-30(51)52/h23-24H,1-22H2,(H,35,44)(H,36,45)(H,37,46)(H,47,48)(H,49,50)(H,51,52)(H,53,54)(H,55,56)(H,57,58)(H2,38,39,59). The average Bonchev–Trinajstić information content (AvgIpc) is 3.13. The number of carboxylic acid groups (broad SMARTS) is 6. The van der Waals surface area contributed by atoms with E-state index in [-0.39, 0.29) is 111 Å². The van der Waals surface area contributed by atoms with Gasteiger partial charge in [-0.15, -0.1) is 0 Å². The molecule has 5 amide bonds. The van der Waals surface area contributed by atoms with Crippen molar-refractivity contribution < 1.29 is 78.6 Å². The summed E-state index contributed by atoms with van der Waals surface area (Å²) in [6.07, 6.45) is 0.0705. The summed E-state index contributed by atoms with van der Waals surface area (Å²) in [5.41, 5.74) is 0. The maximum atomic E-state index is 12.8. The number of urea groups is 1. The van der Waals surface area contributed by atoms with Crippen molar-refractivity contribution in [3.05, 3.63) is 0 Å². The fourth-order valence-corrected chi connectivity index (χ4v) is 5.67. The molecule has 1 saturated heterocycles. The molecule has 1 heterocycles. The normalized spacial score (nSPS) is 15.9. The van der Waals surface area contributed by atoms with Gasteiger partial charge in [-0.3, -0.25) is 53.2 Å². The van der Waals surface area contributed by atoms with Gasteiger partial charge in [-0.25, -0.2) is 14.4 Å². The SMILES string of the molecule is O=C(O)CCC(NC(=O)NC(CCC(=O)NCCCCCNC(=O)CNC(=O)CN1CCN(CC(=O)O)CCN(CC(=O)O)CCN(CC(=O)O)CC1)C(=O)O)C(=O)O. The summed E-state index contributed by atoms with van der Waals surface area (Å²) in [5.74, 6) is -8.93. The molecule has 0 bridgehead atoms. The molecule has 0 saturated carbocycles. The summed E-state index contributed by atoms with van der Waals surface area (Å²) >= 11 is 0. The Morgan fingerprint density at radius 2 is 0.797 bits per heavy atom. The third-order valence-corrected chi connectivity index (χ3v) is 8.83. The zero-order valence-electron chi connectivity index (χ0n) is 32.8. The lowest BCUT2D eigenvalue weighted by atomic mass is 10.1. The number of rotatable bonds is 26. The van der Waals surface area contributed by atoms with E-state index < -0.39 is 84.5 Å². The maximum absolute atomic E-state index is 12.8. The molecule has 0 aliphatic carbocycles.